The predicted octanol–water partition coefficient (Wildman–Crippen LogP) is 4.41. The highest BCUT2D eigenvalue weighted by Crippen LogP contribution is 2.31. The first-order chi connectivity index (χ1) is 13.6. The number of halogens is 1. The highest BCUT2D eigenvalue weighted by atomic mass is 35.5. The number of ether oxygens (including phenoxy) is 3. The normalized spacial score (nSPS) is 10.4. The topological polar surface area (TPSA) is 82.8 Å². The Hall–Kier alpha value is -3.19. The van der Waals surface area contributed by atoms with E-state index in [1.807, 2.05) is 6.07 Å². The zero-order valence-corrected chi connectivity index (χ0v) is 16.4. The largest absolute Gasteiger partial charge is 0.497 e. The molecular weight excluding hydrogens is 384 g/mol. The van der Waals surface area contributed by atoms with E-state index in [-0.39, 0.29) is 11.4 Å². The Morgan fingerprint density at radius 2 is 1.86 bits per heavy atom. The number of esters is 1. The minimum Gasteiger partial charge on any atom is -0.497 e. The fourth-order valence-electron chi connectivity index (χ4n) is 2.70. The van der Waals surface area contributed by atoms with Gasteiger partial charge in [0.15, 0.2) is 5.56 Å². The molecule has 0 unspecified atom stereocenters. The molecule has 0 amide bonds. The van der Waals surface area contributed by atoms with Crippen molar-refractivity contribution >= 4 is 23.5 Å². The molecule has 3 rings (SSSR count). The summed E-state index contributed by atoms with van der Waals surface area (Å²) in [5, 5.41) is 7.70. The van der Waals surface area contributed by atoms with Crippen molar-refractivity contribution in [1.82, 2.24) is 5.16 Å². The van der Waals surface area contributed by atoms with E-state index in [0.717, 1.165) is 5.56 Å². The number of hydrogen-bond donors (Lipinski definition) is 1. The van der Waals surface area contributed by atoms with Crippen LogP contribution in [0.4, 0.5) is 5.88 Å². The third-order valence-corrected chi connectivity index (χ3v) is 4.38. The molecule has 28 heavy (non-hydrogen) atoms. The van der Waals surface area contributed by atoms with Gasteiger partial charge in [-0.05, 0) is 30.3 Å². The van der Waals surface area contributed by atoms with Crippen molar-refractivity contribution < 1.29 is 23.5 Å². The van der Waals surface area contributed by atoms with Gasteiger partial charge in [0, 0.05) is 22.7 Å². The van der Waals surface area contributed by atoms with Crippen LogP contribution in [0.2, 0.25) is 5.02 Å². The third-order valence-electron chi connectivity index (χ3n) is 4.13. The van der Waals surface area contributed by atoms with E-state index in [1.54, 1.807) is 50.6 Å². The molecule has 0 aliphatic carbocycles. The SMILES string of the molecule is COC(=O)c1c(-c2ccc(Cl)cc2)noc1NCc1cc(OC)ccc1OC. The lowest BCUT2D eigenvalue weighted by Crippen LogP contribution is -2.08. The van der Waals surface area contributed by atoms with Gasteiger partial charge >= 0.3 is 5.97 Å². The Kier molecular flexibility index (Phi) is 6.06. The minimum atomic E-state index is -0.564. The summed E-state index contributed by atoms with van der Waals surface area (Å²) < 4.78 is 20.9. The van der Waals surface area contributed by atoms with E-state index in [4.69, 9.17) is 30.3 Å². The average Bonchev–Trinajstić information content (AvgIpc) is 3.15. The van der Waals surface area contributed by atoms with Gasteiger partial charge in [0.25, 0.3) is 0 Å². The number of anilines is 1. The smallest absolute Gasteiger partial charge is 0.345 e. The predicted molar refractivity (Wildman–Crippen MR) is 105 cm³/mol. The number of carbonyl (C=O) groups is 1. The van der Waals surface area contributed by atoms with Gasteiger partial charge in [-0.15, -0.1) is 0 Å². The second-order valence-electron chi connectivity index (χ2n) is 5.77. The van der Waals surface area contributed by atoms with Crippen molar-refractivity contribution in [3.63, 3.8) is 0 Å². The highest BCUT2D eigenvalue weighted by Gasteiger charge is 2.25. The number of benzene rings is 2. The Morgan fingerprint density at radius 3 is 2.50 bits per heavy atom. The molecule has 1 aromatic heterocycles. The van der Waals surface area contributed by atoms with E-state index in [2.05, 4.69) is 10.5 Å². The standard InChI is InChI=1S/C20H19ClN2O5/c1-25-15-8-9-16(26-2)13(10-15)11-22-19-17(20(24)27-3)18(23-28-19)12-4-6-14(21)7-5-12/h4-10,22H,11H2,1-3H3. The number of hydrogen-bond acceptors (Lipinski definition) is 7. The molecule has 0 saturated carbocycles. The molecule has 8 heteroatoms. The van der Waals surface area contributed by atoms with Crippen molar-refractivity contribution in [3.05, 3.63) is 58.6 Å². The molecule has 0 aliphatic rings. The van der Waals surface area contributed by atoms with Crippen LogP contribution in [0.5, 0.6) is 11.5 Å². The molecule has 1 heterocycles. The van der Waals surface area contributed by atoms with Crippen LogP contribution in [-0.4, -0.2) is 32.5 Å². The maximum atomic E-state index is 12.4. The second kappa shape index (κ2) is 8.67. The zero-order chi connectivity index (χ0) is 20.1. The lowest BCUT2D eigenvalue weighted by molar-refractivity contribution is 0.0602. The molecule has 0 saturated heterocycles. The first-order valence-corrected chi connectivity index (χ1v) is 8.74. The number of aromatic nitrogens is 1. The highest BCUT2D eigenvalue weighted by molar-refractivity contribution is 6.30. The van der Waals surface area contributed by atoms with Gasteiger partial charge in [0.05, 0.1) is 21.3 Å². The van der Waals surface area contributed by atoms with Gasteiger partial charge in [0.1, 0.15) is 17.2 Å². The summed E-state index contributed by atoms with van der Waals surface area (Å²) in [5.41, 5.74) is 2.07. The molecule has 0 bridgehead atoms. The summed E-state index contributed by atoms with van der Waals surface area (Å²) in [6.45, 7) is 0.319. The minimum absolute atomic E-state index is 0.196. The van der Waals surface area contributed by atoms with E-state index in [0.29, 0.717) is 34.3 Å². The fourth-order valence-corrected chi connectivity index (χ4v) is 2.83. The van der Waals surface area contributed by atoms with Gasteiger partial charge < -0.3 is 24.1 Å². The molecule has 2 aromatic carbocycles. The average molecular weight is 403 g/mol. The number of nitrogens with zero attached hydrogens (tertiary/aromatic N) is 1. The summed E-state index contributed by atoms with van der Waals surface area (Å²) in [4.78, 5) is 12.4. The summed E-state index contributed by atoms with van der Waals surface area (Å²) in [6.07, 6.45) is 0. The van der Waals surface area contributed by atoms with Crippen LogP contribution in [0.1, 0.15) is 15.9 Å². The maximum Gasteiger partial charge on any atom is 0.345 e. The quantitative estimate of drug-likeness (QED) is 0.586. The number of rotatable bonds is 7. The van der Waals surface area contributed by atoms with Gasteiger partial charge in [-0.25, -0.2) is 4.79 Å². The summed E-state index contributed by atoms with van der Waals surface area (Å²) >= 11 is 5.93. The maximum absolute atomic E-state index is 12.4. The lowest BCUT2D eigenvalue weighted by Gasteiger charge is -2.11. The molecule has 3 aromatic rings. The van der Waals surface area contributed by atoms with Crippen LogP contribution in [0.25, 0.3) is 11.3 Å². The number of methoxy groups -OCH3 is 3. The second-order valence-corrected chi connectivity index (χ2v) is 6.20. The van der Waals surface area contributed by atoms with E-state index >= 15 is 0 Å². The fraction of sp³-hybridized carbons (Fsp3) is 0.200. The molecule has 0 radical (unpaired) electrons. The monoisotopic (exact) mass is 402 g/mol. The third kappa shape index (κ3) is 4.04. The van der Waals surface area contributed by atoms with Crippen LogP contribution in [0.15, 0.2) is 47.0 Å². The van der Waals surface area contributed by atoms with Crippen LogP contribution in [0, 0.1) is 0 Å². The Bertz CT molecular complexity index is 969. The van der Waals surface area contributed by atoms with Crippen LogP contribution >= 0.6 is 11.6 Å². The molecule has 146 valence electrons. The van der Waals surface area contributed by atoms with Gasteiger partial charge in [0.2, 0.25) is 5.88 Å². The summed E-state index contributed by atoms with van der Waals surface area (Å²) in [6, 6.07) is 12.4. The first kappa shape index (κ1) is 19.6. The van der Waals surface area contributed by atoms with Crippen LogP contribution < -0.4 is 14.8 Å². The molecule has 0 atom stereocenters. The van der Waals surface area contributed by atoms with Gasteiger partial charge in [-0.1, -0.05) is 28.9 Å². The van der Waals surface area contributed by atoms with Crippen LogP contribution in [0.3, 0.4) is 0 Å². The van der Waals surface area contributed by atoms with Crippen molar-refractivity contribution in [2.75, 3.05) is 26.6 Å². The summed E-state index contributed by atoms with van der Waals surface area (Å²) in [7, 11) is 4.47. The lowest BCUT2D eigenvalue weighted by atomic mass is 10.1. The molecule has 0 spiro atoms. The van der Waals surface area contributed by atoms with Crippen LogP contribution in [-0.2, 0) is 11.3 Å². The van der Waals surface area contributed by atoms with Crippen molar-refractivity contribution in [3.8, 4) is 22.8 Å². The number of nitrogens with one attached hydrogen (secondary N) is 1. The Labute approximate surface area is 167 Å². The van der Waals surface area contributed by atoms with E-state index in [1.165, 1.54) is 7.11 Å². The molecular formula is C20H19ClN2O5. The Balaban J connectivity index is 1.92. The Morgan fingerprint density at radius 1 is 1.11 bits per heavy atom. The first-order valence-electron chi connectivity index (χ1n) is 8.36. The van der Waals surface area contributed by atoms with Gasteiger partial charge in [-0.2, -0.15) is 0 Å². The summed E-state index contributed by atoms with van der Waals surface area (Å²) in [5.74, 6) is 0.989. The van der Waals surface area contributed by atoms with E-state index in [9.17, 15) is 4.79 Å². The van der Waals surface area contributed by atoms with Crippen molar-refractivity contribution in [2.45, 2.75) is 6.54 Å². The molecule has 0 fully saturated rings. The van der Waals surface area contributed by atoms with Crippen molar-refractivity contribution in [1.29, 1.82) is 0 Å². The van der Waals surface area contributed by atoms with E-state index < -0.39 is 5.97 Å². The van der Waals surface area contributed by atoms with Crippen molar-refractivity contribution in [2.24, 2.45) is 0 Å². The molecule has 1 N–H and O–H groups in total. The van der Waals surface area contributed by atoms with Gasteiger partial charge in [-0.3, -0.25) is 0 Å². The molecule has 0 aliphatic heterocycles. The zero-order valence-electron chi connectivity index (χ0n) is 15.6. The number of carbonyl (C=O) groups excluding carboxylic acids is 1. The molecule has 7 nitrogen and oxygen atoms in total.